The Morgan fingerprint density at radius 2 is 2.00 bits per heavy atom. The summed E-state index contributed by atoms with van der Waals surface area (Å²) in [5, 5.41) is 0. The predicted molar refractivity (Wildman–Crippen MR) is 78.6 cm³/mol. The lowest BCUT2D eigenvalue weighted by molar-refractivity contribution is 0.414. The smallest absolute Gasteiger partial charge is 0.118 e. The van der Waals surface area contributed by atoms with Gasteiger partial charge < -0.3 is 9.72 Å². The number of hydrogen-bond acceptors (Lipinski definition) is 3. The fraction of sp³-hybridized carbons (Fsp3) is 0.133. The fourth-order valence-corrected chi connectivity index (χ4v) is 2.78. The normalized spacial score (nSPS) is 10.8. The van der Waals surface area contributed by atoms with E-state index in [1.54, 1.807) is 13.4 Å². The number of rotatable bonds is 4. The number of benzene rings is 2. The standard InChI is InChI=1S/C15H14N2OS/c1-18-12-4-2-11(3-5-12)9-19-13-6-7-14-15(8-13)17-10-16-14/h2-8,10H,9H2,1H3,(H,16,17). The number of aromatic nitrogens is 2. The minimum absolute atomic E-state index is 0.896. The molecule has 3 rings (SSSR count). The quantitative estimate of drug-likeness (QED) is 0.731. The summed E-state index contributed by atoms with van der Waals surface area (Å²) in [4.78, 5) is 8.59. The molecule has 1 aromatic heterocycles. The zero-order chi connectivity index (χ0) is 13.1. The van der Waals surface area contributed by atoms with Crippen LogP contribution in [0.25, 0.3) is 11.0 Å². The van der Waals surface area contributed by atoms with Crippen LogP contribution < -0.4 is 4.74 Å². The monoisotopic (exact) mass is 270 g/mol. The number of thioether (sulfide) groups is 1. The zero-order valence-electron chi connectivity index (χ0n) is 10.6. The number of ether oxygens (including phenoxy) is 1. The van der Waals surface area contributed by atoms with Gasteiger partial charge in [0.1, 0.15) is 5.75 Å². The first-order valence-corrected chi connectivity index (χ1v) is 7.02. The molecule has 0 atom stereocenters. The highest BCUT2D eigenvalue weighted by atomic mass is 32.2. The van der Waals surface area contributed by atoms with Crippen LogP contribution in [0.3, 0.4) is 0 Å². The highest BCUT2D eigenvalue weighted by molar-refractivity contribution is 7.98. The summed E-state index contributed by atoms with van der Waals surface area (Å²) in [5.74, 6) is 1.84. The number of nitrogens with one attached hydrogen (secondary N) is 1. The minimum Gasteiger partial charge on any atom is -0.497 e. The van der Waals surface area contributed by atoms with Crippen LogP contribution >= 0.6 is 11.8 Å². The van der Waals surface area contributed by atoms with Gasteiger partial charge in [0, 0.05) is 10.6 Å². The summed E-state index contributed by atoms with van der Waals surface area (Å²) in [6.45, 7) is 0. The molecule has 0 saturated heterocycles. The molecule has 0 aliphatic carbocycles. The molecule has 1 N–H and O–H groups in total. The van der Waals surface area contributed by atoms with Crippen LogP contribution in [0.5, 0.6) is 5.75 Å². The summed E-state index contributed by atoms with van der Waals surface area (Å²) in [5.41, 5.74) is 3.38. The van der Waals surface area contributed by atoms with Gasteiger partial charge in [0.2, 0.25) is 0 Å². The highest BCUT2D eigenvalue weighted by Gasteiger charge is 2.00. The second-order valence-corrected chi connectivity index (χ2v) is 5.27. The molecule has 0 unspecified atom stereocenters. The average Bonchev–Trinajstić information content (AvgIpc) is 2.93. The van der Waals surface area contributed by atoms with Crippen molar-refractivity contribution in [3.8, 4) is 5.75 Å². The van der Waals surface area contributed by atoms with Crippen molar-refractivity contribution < 1.29 is 4.74 Å². The van der Waals surface area contributed by atoms with E-state index < -0.39 is 0 Å². The third-order valence-electron chi connectivity index (χ3n) is 2.96. The number of methoxy groups -OCH3 is 1. The van der Waals surface area contributed by atoms with Crippen LogP contribution in [0.2, 0.25) is 0 Å². The molecule has 0 fully saturated rings. The van der Waals surface area contributed by atoms with Crippen LogP contribution in [0.15, 0.2) is 53.7 Å². The van der Waals surface area contributed by atoms with Gasteiger partial charge >= 0.3 is 0 Å². The lowest BCUT2D eigenvalue weighted by atomic mass is 10.2. The Morgan fingerprint density at radius 3 is 2.79 bits per heavy atom. The molecule has 0 amide bonds. The zero-order valence-corrected chi connectivity index (χ0v) is 11.4. The van der Waals surface area contributed by atoms with E-state index in [1.165, 1.54) is 10.5 Å². The summed E-state index contributed by atoms with van der Waals surface area (Å²) in [6, 6.07) is 14.5. The van der Waals surface area contributed by atoms with Gasteiger partial charge in [-0.1, -0.05) is 12.1 Å². The molecule has 0 saturated carbocycles. The second-order valence-electron chi connectivity index (χ2n) is 4.22. The largest absolute Gasteiger partial charge is 0.497 e. The number of aromatic amines is 1. The molecular formula is C15H14N2OS. The van der Waals surface area contributed by atoms with Crippen molar-refractivity contribution in [2.45, 2.75) is 10.6 Å². The maximum Gasteiger partial charge on any atom is 0.118 e. The van der Waals surface area contributed by atoms with Crippen molar-refractivity contribution in [2.24, 2.45) is 0 Å². The minimum atomic E-state index is 0.896. The van der Waals surface area contributed by atoms with E-state index in [2.05, 4.69) is 34.2 Å². The molecule has 96 valence electrons. The van der Waals surface area contributed by atoms with Gasteiger partial charge in [0.15, 0.2) is 0 Å². The van der Waals surface area contributed by atoms with Crippen LogP contribution in [-0.2, 0) is 5.75 Å². The molecule has 0 bridgehead atoms. The third kappa shape index (κ3) is 2.74. The number of fused-ring (bicyclic) bond motifs is 1. The van der Waals surface area contributed by atoms with E-state index in [0.29, 0.717) is 0 Å². The molecule has 1 heterocycles. The van der Waals surface area contributed by atoms with Gasteiger partial charge in [0.05, 0.1) is 24.5 Å². The van der Waals surface area contributed by atoms with E-state index in [9.17, 15) is 0 Å². The third-order valence-corrected chi connectivity index (χ3v) is 4.02. The first kappa shape index (κ1) is 12.1. The Labute approximate surface area is 116 Å². The molecule has 3 nitrogen and oxygen atoms in total. The van der Waals surface area contributed by atoms with Crippen LogP contribution in [0.4, 0.5) is 0 Å². The van der Waals surface area contributed by atoms with Gasteiger partial charge in [0.25, 0.3) is 0 Å². The number of hydrogen-bond donors (Lipinski definition) is 1. The van der Waals surface area contributed by atoms with E-state index in [0.717, 1.165) is 22.5 Å². The molecule has 19 heavy (non-hydrogen) atoms. The van der Waals surface area contributed by atoms with Gasteiger partial charge in [-0.2, -0.15) is 0 Å². The molecule has 4 heteroatoms. The van der Waals surface area contributed by atoms with Crippen LogP contribution in [0, 0.1) is 0 Å². The molecule has 0 radical (unpaired) electrons. The first-order chi connectivity index (χ1) is 9.35. The number of H-pyrrole nitrogens is 1. The Morgan fingerprint density at radius 1 is 1.16 bits per heavy atom. The van der Waals surface area contributed by atoms with Crippen LogP contribution in [0.1, 0.15) is 5.56 Å². The van der Waals surface area contributed by atoms with Crippen molar-refractivity contribution >= 4 is 22.8 Å². The molecule has 3 aromatic rings. The van der Waals surface area contributed by atoms with Crippen molar-refractivity contribution in [3.63, 3.8) is 0 Å². The molecule has 0 aliphatic rings. The van der Waals surface area contributed by atoms with Crippen molar-refractivity contribution in [3.05, 3.63) is 54.4 Å². The van der Waals surface area contributed by atoms with Crippen molar-refractivity contribution in [1.82, 2.24) is 9.97 Å². The predicted octanol–water partition coefficient (Wildman–Crippen LogP) is 3.86. The van der Waals surface area contributed by atoms with Gasteiger partial charge in [-0.15, -0.1) is 11.8 Å². The van der Waals surface area contributed by atoms with Gasteiger partial charge in [-0.25, -0.2) is 4.98 Å². The second kappa shape index (κ2) is 5.36. The summed E-state index contributed by atoms with van der Waals surface area (Å²) >= 11 is 1.82. The molecule has 0 spiro atoms. The van der Waals surface area contributed by atoms with E-state index in [4.69, 9.17) is 4.74 Å². The first-order valence-electron chi connectivity index (χ1n) is 6.04. The molecule has 2 aromatic carbocycles. The van der Waals surface area contributed by atoms with E-state index in [1.807, 2.05) is 30.0 Å². The average molecular weight is 270 g/mol. The van der Waals surface area contributed by atoms with E-state index in [-0.39, 0.29) is 0 Å². The summed E-state index contributed by atoms with van der Waals surface area (Å²) in [7, 11) is 1.68. The number of imidazole rings is 1. The fourth-order valence-electron chi connectivity index (χ4n) is 1.89. The lowest BCUT2D eigenvalue weighted by Crippen LogP contribution is -1.84. The Balaban J connectivity index is 1.70. The van der Waals surface area contributed by atoms with Gasteiger partial charge in [-0.05, 0) is 35.9 Å². The van der Waals surface area contributed by atoms with E-state index >= 15 is 0 Å². The molecular weight excluding hydrogens is 256 g/mol. The lowest BCUT2D eigenvalue weighted by Gasteiger charge is -2.04. The maximum absolute atomic E-state index is 5.15. The van der Waals surface area contributed by atoms with Crippen LogP contribution in [-0.4, -0.2) is 17.1 Å². The summed E-state index contributed by atoms with van der Waals surface area (Å²) in [6.07, 6.45) is 1.72. The Kier molecular flexibility index (Phi) is 3.42. The molecule has 0 aliphatic heterocycles. The van der Waals surface area contributed by atoms with Crippen molar-refractivity contribution in [1.29, 1.82) is 0 Å². The Hall–Kier alpha value is -1.94. The maximum atomic E-state index is 5.15. The summed E-state index contributed by atoms with van der Waals surface area (Å²) < 4.78 is 5.15. The van der Waals surface area contributed by atoms with Gasteiger partial charge in [-0.3, -0.25) is 0 Å². The van der Waals surface area contributed by atoms with Crippen molar-refractivity contribution in [2.75, 3.05) is 7.11 Å². The SMILES string of the molecule is COc1ccc(CSc2ccc3nc[nH]c3c2)cc1. The topological polar surface area (TPSA) is 37.9 Å². The number of nitrogens with zero attached hydrogens (tertiary/aromatic N) is 1. The highest BCUT2D eigenvalue weighted by Crippen LogP contribution is 2.26. The Bertz CT molecular complexity index is 676.